The molecule has 0 bridgehead atoms. The lowest BCUT2D eigenvalue weighted by molar-refractivity contribution is 0.0190. The van der Waals surface area contributed by atoms with Crippen molar-refractivity contribution in [2.75, 3.05) is 14.2 Å². The van der Waals surface area contributed by atoms with Gasteiger partial charge in [-0.15, -0.1) is 0 Å². The molecule has 0 fully saturated rings. The van der Waals surface area contributed by atoms with Crippen LogP contribution >= 0.6 is 0 Å². The molecule has 0 heterocycles. The van der Waals surface area contributed by atoms with Crippen LogP contribution in [0.25, 0.3) is 0 Å². The average molecular weight is 315 g/mol. The molecule has 0 aliphatic carbocycles. The molecule has 1 atom stereocenters. The summed E-state index contributed by atoms with van der Waals surface area (Å²) in [4.78, 5) is 0. The highest BCUT2D eigenvalue weighted by Gasteiger charge is 2.34. The monoisotopic (exact) mass is 315 g/mol. The number of methoxy groups -OCH3 is 2. The Morgan fingerprint density at radius 3 is 1.65 bits per heavy atom. The van der Waals surface area contributed by atoms with E-state index in [1.807, 2.05) is 55.5 Å². The van der Waals surface area contributed by atoms with Crippen LogP contribution in [0.4, 0.5) is 0 Å². The highest BCUT2D eigenvalue weighted by Crippen LogP contribution is 2.30. The summed E-state index contributed by atoms with van der Waals surface area (Å²) in [5, 5.41) is 11.2. The smallest absolute Gasteiger partial charge is 0.122 e. The Hall–Kier alpha value is -2.04. The number of ether oxygens (including phenoxy) is 2. The Morgan fingerprint density at radius 2 is 1.30 bits per heavy atom. The van der Waals surface area contributed by atoms with Gasteiger partial charge in [0.15, 0.2) is 0 Å². The Morgan fingerprint density at radius 1 is 0.913 bits per heavy atom. The molecular formula is C19H25NO3. The van der Waals surface area contributed by atoms with Crippen molar-refractivity contribution in [1.29, 1.82) is 0 Å². The standard InChI is InChI=1S/C19H25NO3/c1-14(20)19(21,12-15-8-4-6-10-17(15)22-2)13-16-9-5-7-11-18(16)23-3/h4-11,14,21H,12-13,20H2,1-3H3/t14-/m1/s1. The lowest BCUT2D eigenvalue weighted by atomic mass is 9.82. The quantitative estimate of drug-likeness (QED) is 0.824. The second kappa shape index (κ2) is 7.49. The fourth-order valence-electron chi connectivity index (χ4n) is 2.74. The molecule has 0 saturated heterocycles. The average Bonchev–Trinajstić information content (AvgIpc) is 2.55. The third-order valence-corrected chi connectivity index (χ3v) is 4.23. The molecule has 124 valence electrons. The second-order valence-corrected chi connectivity index (χ2v) is 5.87. The van der Waals surface area contributed by atoms with Crippen molar-refractivity contribution in [2.24, 2.45) is 5.73 Å². The number of hydrogen-bond donors (Lipinski definition) is 2. The van der Waals surface area contributed by atoms with Crippen LogP contribution in [0.5, 0.6) is 11.5 Å². The first kappa shape index (κ1) is 17.3. The van der Waals surface area contributed by atoms with Gasteiger partial charge in [-0.3, -0.25) is 0 Å². The summed E-state index contributed by atoms with van der Waals surface area (Å²) in [5.41, 5.74) is 6.89. The summed E-state index contributed by atoms with van der Waals surface area (Å²) in [6.45, 7) is 1.82. The minimum Gasteiger partial charge on any atom is -0.496 e. The minimum atomic E-state index is -1.09. The molecule has 0 aromatic heterocycles. The summed E-state index contributed by atoms with van der Waals surface area (Å²) in [7, 11) is 3.26. The molecule has 0 radical (unpaired) electrons. The van der Waals surface area contributed by atoms with Crippen molar-refractivity contribution < 1.29 is 14.6 Å². The van der Waals surface area contributed by atoms with Gasteiger partial charge in [-0.05, 0) is 30.2 Å². The van der Waals surface area contributed by atoms with E-state index < -0.39 is 11.6 Å². The van der Waals surface area contributed by atoms with Crippen molar-refractivity contribution in [3.05, 3.63) is 59.7 Å². The minimum absolute atomic E-state index is 0.405. The Labute approximate surface area is 137 Å². The van der Waals surface area contributed by atoms with Crippen LogP contribution in [-0.2, 0) is 12.8 Å². The van der Waals surface area contributed by atoms with E-state index in [9.17, 15) is 5.11 Å². The predicted molar refractivity (Wildman–Crippen MR) is 92.0 cm³/mol. The third kappa shape index (κ3) is 4.03. The van der Waals surface area contributed by atoms with Crippen molar-refractivity contribution in [3.63, 3.8) is 0 Å². The summed E-state index contributed by atoms with van der Waals surface area (Å²) >= 11 is 0. The summed E-state index contributed by atoms with van der Waals surface area (Å²) in [6.07, 6.45) is 0.819. The van der Waals surface area contributed by atoms with Gasteiger partial charge in [-0.2, -0.15) is 0 Å². The molecule has 2 rings (SSSR count). The lowest BCUT2D eigenvalue weighted by Crippen LogP contribution is -2.49. The van der Waals surface area contributed by atoms with Gasteiger partial charge in [0.1, 0.15) is 11.5 Å². The van der Waals surface area contributed by atoms with Gasteiger partial charge in [0.25, 0.3) is 0 Å². The molecule has 0 aliphatic rings. The fourth-order valence-corrected chi connectivity index (χ4v) is 2.74. The number of aliphatic hydroxyl groups is 1. The number of rotatable bonds is 7. The highest BCUT2D eigenvalue weighted by atomic mass is 16.5. The number of hydrogen-bond acceptors (Lipinski definition) is 4. The number of benzene rings is 2. The molecule has 4 nitrogen and oxygen atoms in total. The van der Waals surface area contributed by atoms with Crippen LogP contribution < -0.4 is 15.2 Å². The summed E-state index contributed by atoms with van der Waals surface area (Å²) in [6, 6.07) is 15.0. The highest BCUT2D eigenvalue weighted by molar-refractivity contribution is 5.38. The Balaban J connectivity index is 2.32. The normalized spacial score (nSPS) is 12.7. The van der Waals surface area contributed by atoms with Crippen LogP contribution in [0, 0.1) is 0 Å². The maximum Gasteiger partial charge on any atom is 0.122 e. The molecule has 0 amide bonds. The second-order valence-electron chi connectivity index (χ2n) is 5.87. The fraction of sp³-hybridized carbons (Fsp3) is 0.368. The van der Waals surface area contributed by atoms with E-state index in [0.29, 0.717) is 12.8 Å². The number of para-hydroxylation sites is 2. The molecule has 4 heteroatoms. The van der Waals surface area contributed by atoms with Crippen molar-refractivity contribution in [3.8, 4) is 11.5 Å². The first-order chi connectivity index (χ1) is 11.0. The van der Waals surface area contributed by atoms with Crippen LogP contribution in [0.3, 0.4) is 0 Å². The van der Waals surface area contributed by atoms with Crippen molar-refractivity contribution in [1.82, 2.24) is 0 Å². The van der Waals surface area contributed by atoms with E-state index in [0.717, 1.165) is 22.6 Å². The van der Waals surface area contributed by atoms with Gasteiger partial charge in [-0.25, -0.2) is 0 Å². The largest absolute Gasteiger partial charge is 0.496 e. The van der Waals surface area contributed by atoms with Crippen LogP contribution in [0.1, 0.15) is 18.1 Å². The first-order valence-corrected chi connectivity index (χ1v) is 7.72. The van der Waals surface area contributed by atoms with E-state index in [4.69, 9.17) is 15.2 Å². The molecule has 0 saturated carbocycles. The molecule has 23 heavy (non-hydrogen) atoms. The van der Waals surface area contributed by atoms with E-state index in [2.05, 4.69) is 0 Å². The molecule has 0 unspecified atom stereocenters. The molecule has 2 aromatic rings. The lowest BCUT2D eigenvalue weighted by Gasteiger charge is -2.33. The zero-order valence-electron chi connectivity index (χ0n) is 14.0. The summed E-state index contributed by atoms with van der Waals surface area (Å²) in [5.74, 6) is 1.51. The topological polar surface area (TPSA) is 64.7 Å². The van der Waals surface area contributed by atoms with Gasteiger partial charge < -0.3 is 20.3 Å². The third-order valence-electron chi connectivity index (χ3n) is 4.23. The maximum absolute atomic E-state index is 11.2. The summed E-state index contributed by atoms with van der Waals surface area (Å²) < 4.78 is 10.8. The van der Waals surface area contributed by atoms with E-state index in [1.54, 1.807) is 14.2 Å². The molecule has 0 aliphatic heterocycles. The first-order valence-electron chi connectivity index (χ1n) is 7.72. The molecule has 0 spiro atoms. The molecule has 3 N–H and O–H groups in total. The van der Waals surface area contributed by atoms with Gasteiger partial charge in [0.2, 0.25) is 0 Å². The predicted octanol–water partition coefficient (Wildman–Crippen LogP) is 2.57. The van der Waals surface area contributed by atoms with Gasteiger partial charge in [-0.1, -0.05) is 36.4 Å². The van der Waals surface area contributed by atoms with Crippen LogP contribution in [-0.4, -0.2) is 31.0 Å². The van der Waals surface area contributed by atoms with Gasteiger partial charge >= 0.3 is 0 Å². The Bertz CT molecular complexity index is 591. The zero-order valence-corrected chi connectivity index (χ0v) is 14.0. The number of nitrogens with two attached hydrogens (primary N) is 1. The SMILES string of the molecule is COc1ccccc1CC(O)(Cc1ccccc1OC)[C@@H](C)N. The van der Waals surface area contributed by atoms with Crippen molar-refractivity contribution in [2.45, 2.75) is 31.4 Å². The van der Waals surface area contributed by atoms with E-state index >= 15 is 0 Å². The van der Waals surface area contributed by atoms with E-state index in [1.165, 1.54) is 0 Å². The molecular weight excluding hydrogens is 290 g/mol. The van der Waals surface area contributed by atoms with Crippen LogP contribution in [0.2, 0.25) is 0 Å². The van der Waals surface area contributed by atoms with Crippen LogP contribution in [0.15, 0.2) is 48.5 Å². The van der Waals surface area contributed by atoms with Crippen molar-refractivity contribution >= 4 is 0 Å². The van der Waals surface area contributed by atoms with Gasteiger partial charge in [0.05, 0.1) is 19.8 Å². The zero-order chi connectivity index (χ0) is 16.9. The Kier molecular flexibility index (Phi) is 5.64. The maximum atomic E-state index is 11.2. The van der Waals surface area contributed by atoms with E-state index in [-0.39, 0.29) is 0 Å². The van der Waals surface area contributed by atoms with Gasteiger partial charge in [0, 0.05) is 18.9 Å². The molecule has 2 aromatic carbocycles.